The first kappa shape index (κ1) is 16.9. The van der Waals surface area contributed by atoms with Crippen LogP contribution in [0.25, 0.3) is 0 Å². The Morgan fingerprint density at radius 1 is 1.16 bits per heavy atom. The third-order valence-electron chi connectivity index (χ3n) is 3.74. The molecule has 1 N–H and O–H groups in total. The molecule has 6 heteroatoms. The molecule has 0 aromatic heterocycles. The fourth-order valence-electron chi connectivity index (χ4n) is 2.41. The first-order valence-corrected chi connectivity index (χ1v) is 8.93. The average Bonchev–Trinajstić information content (AvgIpc) is 2.92. The molecular formula is C13H28N2O3S. The van der Waals surface area contributed by atoms with Crippen molar-refractivity contribution >= 4 is 10.0 Å². The van der Waals surface area contributed by atoms with Gasteiger partial charge < -0.3 is 9.64 Å². The van der Waals surface area contributed by atoms with Crippen molar-refractivity contribution in [2.24, 2.45) is 0 Å². The van der Waals surface area contributed by atoms with E-state index in [2.05, 4.69) is 23.5 Å². The fraction of sp³-hybridized carbons (Fsp3) is 1.00. The second-order valence-corrected chi connectivity index (χ2v) is 7.03. The number of nitrogens with zero attached hydrogens (tertiary/aromatic N) is 1. The molecule has 0 amide bonds. The summed E-state index contributed by atoms with van der Waals surface area (Å²) in [7, 11) is -3.11. The summed E-state index contributed by atoms with van der Waals surface area (Å²) in [5, 5.41) is -0.178. The number of sulfonamides is 1. The highest BCUT2D eigenvalue weighted by molar-refractivity contribution is 7.90. The summed E-state index contributed by atoms with van der Waals surface area (Å²) in [4.78, 5) is 2.28. The lowest BCUT2D eigenvalue weighted by Crippen LogP contribution is -2.35. The molecule has 1 fully saturated rings. The van der Waals surface area contributed by atoms with E-state index >= 15 is 0 Å². The SMILES string of the molecule is CCN(CC)CCOCCNS(=O)(=O)C1CCCC1. The van der Waals surface area contributed by atoms with Crippen LogP contribution in [0.4, 0.5) is 0 Å². The van der Waals surface area contributed by atoms with Gasteiger partial charge in [0.05, 0.1) is 18.5 Å². The van der Waals surface area contributed by atoms with E-state index in [-0.39, 0.29) is 5.25 Å². The zero-order chi connectivity index (χ0) is 14.1. The Labute approximate surface area is 117 Å². The van der Waals surface area contributed by atoms with Gasteiger partial charge in [0.15, 0.2) is 0 Å². The van der Waals surface area contributed by atoms with Gasteiger partial charge in [-0.25, -0.2) is 13.1 Å². The Bertz CT molecular complexity index is 323. The van der Waals surface area contributed by atoms with Crippen LogP contribution in [0.1, 0.15) is 39.5 Å². The zero-order valence-corrected chi connectivity index (χ0v) is 13.0. The van der Waals surface area contributed by atoms with Crippen LogP contribution in [-0.4, -0.2) is 58.0 Å². The Balaban J connectivity index is 2.07. The van der Waals surface area contributed by atoms with Crippen molar-refractivity contribution in [2.75, 3.05) is 39.4 Å². The minimum absolute atomic E-state index is 0.178. The van der Waals surface area contributed by atoms with Gasteiger partial charge in [-0.1, -0.05) is 26.7 Å². The molecule has 0 saturated heterocycles. The summed E-state index contributed by atoms with van der Waals surface area (Å²) in [6, 6.07) is 0. The van der Waals surface area contributed by atoms with Crippen molar-refractivity contribution in [1.29, 1.82) is 0 Å². The van der Waals surface area contributed by atoms with Crippen molar-refractivity contribution in [1.82, 2.24) is 9.62 Å². The van der Waals surface area contributed by atoms with E-state index in [1.54, 1.807) is 0 Å². The molecule has 1 rings (SSSR count). The van der Waals surface area contributed by atoms with Crippen LogP contribution < -0.4 is 4.72 Å². The number of rotatable bonds is 10. The normalized spacial score (nSPS) is 17.4. The predicted molar refractivity (Wildman–Crippen MR) is 77.8 cm³/mol. The molecule has 0 spiro atoms. The first-order chi connectivity index (χ1) is 9.10. The second-order valence-electron chi connectivity index (χ2n) is 4.99. The highest BCUT2D eigenvalue weighted by Crippen LogP contribution is 2.23. The molecule has 19 heavy (non-hydrogen) atoms. The van der Waals surface area contributed by atoms with Crippen LogP contribution in [0, 0.1) is 0 Å². The highest BCUT2D eigenvalue weighted by atomic mass is 32.2. The summed E-state index contributed by atoms with van der Waals surface area (Å²) in [6.45, 7) is 8.69. The summed E-state index contributed by atoms with van der Waals surface area (Å²) in [5.74, 6) is 0. The number of likely N-dealkylation sites (N-methyl/N-ethyl adjacent to an activating group) is 1. The summed E-state index contributed by atoms with van der Waals surface area (Å²) in [5.41, 5.74) is 0. The smallest absolute Gasteiger partial charge is 0.214 e. The van der Waals surface area contributed by atoms with Crippen molar-refractivity contribution in [3.63, 3.8) is 0 Å². The Morgan fingerprint density at radius 2 is 1.79 bits per heavy atom. The molecule has 0 heterocycles. The van der Waals surface area contributed by atoms with Gasteiger partial charge in [-0.3, -0.25) is 0 Å². The predicted octanol–water partition coefficient (Wildman–Crippen LogP) is 1.21. The Kier molecular flexibility index (Phi) is 7.90. The van der Waals surface area contributed by atoms with Crippen molar-refractivity contribution in [2.45, 2.75) is 44.8 Å². The van der Waals surface area contributed by atoms with Crippen LogP contribution in [0.15, 0.2) is 0 Å². The monoisotopic (exact) mass is 292 g/mol. The number of hydrogen-bond acceptors (Lipinski definition) is 4. The Hall–Kier alpha value is -0.170. The minimum Gasteiger partial charge on any atom is -0.379 e. The quantitative estimate of drug-likeness (QED) is 0.615. The number of nitrogens with one attached hydrogen (secondary N) is 1. The molecule has 0 aliphatic heterocycles. The van der Waals surface area contributed by atoms with Crippen molar-refractivity contribution < 1.29 is 13.2 Å². The molecule has 5 nitrogen and oxygen atoms in total. The van der Waals surface area contributed by atoms with E-state index in [0.717, 1.165) is 45.3 Å². The Morgan fingerprint density at radius 3 is 2.37 bits per heavy atom. The molecule has 1 aliphatic carbocycles. The van der Waals surface area contributed by atoms with Gasteiger partial charge in [0.25, 0.3) is 0 Å². The zero-order valence-electron chi connectivity index (χ0n) is 12.2. The van der Waals surface area contributed by atoms with E-state index in [1.807, 2.05) is 0 Å². The van der Waals surface area contributed by atoms with Gasteiger partial charge in [0.2, 0.25) is 10.0 Å². The first-order valence-electron chi connectivity index (χ1n) is 7.38. The largest absolute Gasteiger partial charge is 0.379 e. The van der Waals surface area contributed by atoms with Gasteiger partial charge in [-0.05, 0) is 25.9 Å². The molecule has 0 aromatic rings. The molecule has 114 valence electrons. The topological polar surface area (TPSA) is 58.6 Å². The van der Waals surface area contributed by atoms with Crippen molar-refractivity contribution in [3.8, 4) is 0 Å². The summed E-state index contributed by atoms with van der Waals surface area (Å²) in [6.07, 6.45) is 3.67. The van der Waals surface area contributed by atoms with Gasteiger partial charge in [0.1, 0.15) is 0 Å². The van der Waals surface area contributed by atoms with E-state index in [1.165, 1.54) is 0 Å². The third-order valence-corrected chi connectivity index (χ3v) is 5.69. The maximum absolute atomic E-state index is 11.9. The number of ether oxygens (including phenoxy) is 1. The van der Waals surface area contributed by atoms with Crippen LogP contribution in [0.2, 0.25) is 0 Å². The number of hydrogen-bond donors (Lipinski definition) is 1. The molecule has 0 unspecified atom stereocenters. The van der Waals surface area contributed by atoms with E-state index in [9.17, 15) is 8.42 Å². The maximum Gasteiger partial charge on any atom is 0.214 e. The van der Waals surface area contributed by atoms with Crippen LogP contribution in [0.5, 0.6) is 0 Å². The van der Waals surface area contributed by atoms with Crippen LogP contribution in [0.3, 0.4) is 0 Å². The molecule has 1 aliphatic rings. The van der Waals surface area contributed by atoms with Gasteiger partial charge in [-0.15, -0.1) is 0 Å². The van der Waals surface area contributed by atoms with E-state index in [0.29, 0.717) is 19.8 Å². The lowest BCUT2D eigenvalue weighted by atomic mass is 10.4. The standard InChI is InChI=1S/C13H28N2O3S/c1-3-15(4-2)10-12-18-11-9-14-19(16,17)13-7-5-6-8-13/h13-14H,3-12H2,1-2H3. The lowest BCUT2D eigenvalue weighted by molar-refractivity contribution is 0.111. The minimum atomic E-state index is -3.11. The summed E-state index contributed by atoms with van der Waals surface area (Å²) >= 11 is 0. The lowest BCUT2D eigenvalue weighted by Gasteiger charge is -2.17. The van der Waals surface area contributed by atoms with Gasteiger partial charge >= 0.3 is 0 Å². The third kappa shape index (κ3) is 6.21. The van der Waals surface area contributed by atoms with E-state index < -0.39 is 10.0 Å². The van der Waals surface area contributed by atoms with Crippen LogP contribution >= 0.6 is 0 Å². The second kappa shape index (κ2) is 8.89. The molecule has 0 aromatic carbocycles. The van der Waals surface area contributed by atoms with Crippen molar-refractivity contribution in [3.05, 3.63) is 0 Å². The van der Waals surface area contributed by atoms with E-state index in [4.69, 9.17) is 4.74 Å². The molecular weight excluding hydrogens is 264 g/mol. The molecule has 1 saturated carbocycles. The van der Waals surface area contributed by atoms with Crippen LogP contribution in [-0.2, 0) is 14.8 Å². The maximum atomic E-state index is 11.9. The molecule has 0 radical (unpaired) electrons. The molecule has 0 atom stereocenters. The highest BCUT2D eigenvalue weighted by Gasteiger charge is 2.27. The fourth-order valence-corrected chi connectivity index (χ4v) is 3.97. The van der Waals surface area contributed by atoms with Gasteiger partial charge in [-0.2, -0.15) is 0 Å². The van der Waals surface area contributed by atoms with Gasteiger partial charge in [0, 0.05) is 13.1 Å². The molecule has 0 bridgehead atoms. The average molecular weight is 292 g/mol. The summed E-state index contributed by atoms with van der Waals surface area (Å²) < 4.78 is 31.9.